The summed E-state index contributed by atoms with van der Waals surface area (Å²) in [6, 6.07) is 3.71. The number of piperazine rings is 1. The van der Waals surface area contributed by atoms with Gasteiger partial charge >= 0.3 is 94.1 Å². The third-order valence-electron chi connectivity index (χ3n) is 4.09. The molecule has 0 unspecified atom stereocenters. The second kappa shape index (κ2) is 11.2. The molecule has 158 valence electrons. The molecule has 1 amide bonds. The number of methoxy groups -OCH3 is 1. The monoisotopic (exact) mass is 461 g/mol. The van der Waals surface area contributed by atoms with E-state index in [0.717, 1.165) is 32.7 Å². The van der Waals surface area contributed by atoms with E-state index in [0.29, 0.717) is 6.42 Å². The van der Waals surface area contributed by atoms with Crippen LogP contribution in [0.3, 0.4) is 0 Å². The molecule has 1 aliphatic rings. The molecule has 28 heavy (non-hydrogen) atoms. The van der Waals surface area contributed by atoms with Crippen LogP contribution in [0.1, 0.15) is 13.3 Å². The molecule has 1 fully saturated rings. The Kier molecular flexibility index (Phi) is 9.71. The van der Waals surface area contributed by atoms with E-state index in [-0.39, 0.29) is 21.8 Å². The number of carbonyl (C=O) groups excluding carboxylic acids is 2. The Bertz CT molecular complexity index is 715. The third-order valence-corrected chi connectivity index (χ3v) is 6.19. The standard InChI is InChI=1S/C9H18N2O2.C8H10AsNO5/c1-10-5-7-11(8-6-10)4-3-9(12)13-2;1-5(11)10-8-6(9(13,14)15)3-2-4-7(8)12/h3-8H2,1-2H3;2-4,12H,1H3,(H,10,11)(H2,13,14,15). The van der Waals surface area contributed by atoms with E-state index in [9.17, 15) is 18.4 Å². The molecule has 0 spiro atoms. The zero-order chi connectivity index (χ0) is 21.3. The topological polar surface area (TPSA) is 140 Å². The minimum atomic E-state index is -5.14. The van der Waals surface area contributed by atoms with E-state index in [1.165, 1.54) is 32.2 Å². The van der Waals surface area contributed by atoms with Gasteiger partial charge in [-0.25, -0.2) is 0 Å². The van der Waals surface area contributed by atoms with Gasteiger partial charge in [-0.3, -0.25) is 4.79 Å². The zero-order valence-corrected chi connectivity index (χ0v) is 18.2. The van der Waals surface area contributed by atoms with Crippen molar-refractivity contribution in [1.29, 1.82) is 0 Å². The summed E-state index contributed by atoms with van der Waals surface area (Å²) in [5, 5.41) is 11.5. The van der Waals surface area contributed by atoms with Crippen molar-refractivity contribution in [1.82, 2.24) is 9.80 Å². The molecular weight excluding hydrogens is 433 g/mol. The van der Waals surface area contributed by atoms with Crippen LogP contribution in [0.2, 0.25) is 0 Å². The maximum absolute atomic E-state index is 11.1. The summed E-state index contributed by atoms with van der Waals surface area (Å²) in [7, 11) is 3.56. The summed E-state index contributed by atoms with van der Waals surface area (Å²) in [6.45, 7) is 6.34. The van der Waals surface area contributed by atoms with Crippen molar-refractivity contribution in [3.63, 3.8) is 0 Å². The number of benzene rings is 1. The summed E-state index contributed by atoms with van der Waals surface area (Å²) in [6.07, 6.45) is 0.514. The first kappa shape index (κ1) is 24.2. The number of carbonyl (C=O) groups is 2. The fraction of sp³-hybridized carbons (Fsp3) is 0.529. The predicted molar refractivity (Wildman–Crippen MR) is 103 cm³/mol. The number of amides is 1. The molecule has 1 aromatic carbocycles. The minimum absolute atomic E-state index is 0.112. The van der Waals surface area contributed by atoms with Crippen molar-refractivity contribution in [2.24, 2.45) is 0 Å². The Morgan fingerprint density at radius 1 is 1.21 bits per heavy atom. The molecule has 2 rings (SSSR count). The van der Waals surface area contributed by atoms with E-state index in [4.69, 9.17) is 8.19 Å². The first-order chi connectivity index (χ1) is 13.0. The maximum Gasteiger partial charge on any atom is 0.306 e. The van der Waals surface area contributed by atoms with Gasteiger partial charge in [0, 0.05) is 32.7 Å². The average Bonchev–Trinajstić information content (AvgIpc) is 2.62. The van der Waals surface area contributed by atoms with Crippen LogP contribution >= 0.6 is 0 Å². The van der Waals surface area contributed by atoms with Crippen molar-refractivity contribution < 1.29 is 31.4 Å². The van der Waals surface area contributed by atoms with Crippen molar-refractivity contribution in [2.75, 3.05) is 52.2 Å². The summed E-state index contributed by atoms with van der Waals surface area (Å²) in [5.41, 5.74) is -0.225. The number of ether oxygens (including phenoxy) is 1. The first-order valence-corrected chi connectivity index (χ1v) is 12.1. The molecule has 4 N–H and O–H groups in total. The molecule has 0 aromatic heterocycles. The summed E-state index contributed by atoms with van der Waals surface area (Å²) in [5.74, 6) is -0.993. The van der Waals surface area contributed by atoms with Crippen LogP contribution < -0.4 is 9.67 Å². The second-order valence-electron chi connectivity index (χ2n) is 6.37. The van der Waals surface area contributed by atoms with Crippen LogP contribution in [0, 0.1) is 0 Å². The van der Waals surface area contributed by atoms with E-state index < -0.39 is 20.1 Å². The Morgan fingerprint density at radius 3 is 2.32 bits per heavy atom. The molecule has 10 nitrogen and oxygen atoms in total. The Balaban J connectivity index is 0.000000283. The smallest absolute Gasteiger partial charge is 0.306 e. The molecular formula is C17H28AsN3O7. The summed E-state index contributed by atoms with van der Waals surface area (Å²) >= 11 is -5.14. The Morgan fingerprint density at radius 2 is 1.82 bits per heavy atom. The molecule has 1 heterocycles. The number of rotatable bonds is 5. The van der Waals surface area contributed by atoms with E-state index in [1.807, 2.05) is 0 Å². The number of phenolic OH excluding ortho intramolecular Hbond substituents is 1. The van der Waals surface area contributed by atoms with Crippen molar-refractivity contribution in [3.8, 4) is 5.75 Å². The Hall–Kier alpha value is -1.84. The van der Waals surface area contributed by atoms with E-state index >= 15 is 0 Å². The number of nitrogens with one attached hydrogen (secondary N) is 1. The van der Waals surface area contributed by atoms with Gasteiger partial charge in [-0.15, -0.1) is 0 Å². The SMILES string of the molecule is CC(=O)Nc1c(O)cccc1[As](=O)(O)O.COC(=O)CCN1CCN(C)CC1. The van der Waals surface area contributed by atoms with Crippen LogP contribution in [-0.4, -0.2) is 96.0 Å². The fourth-order valence-corrected chi connectivity index (χ4v) is 4.05. The number of nitrogens with zero attached hydrogens (tertiary/aromatic N) is 2. The van der Waals surface area contributed by atoms with Crippen LogP contribution in [0.5, 0.6) is 5.75 Å². The van der Waals surface area contributed by atoms with Gasteiger partial charge in [0.2, 0.25) is 0 Å². The van der Waals surface area contributed by atoms with Gasteiger partial charge in [-0.1, -0.05) is 0 Å². The molecule has 0 atom stereocenters. The quantitative estimate of drug-likeness (QED) is 0.240. The van der Waals surface area contributed by atoms with Gasteiger partial charge in [0.25, 0.3) is 0 Å². The number of phenols is 1. The number of hydrogen-bond donors (Lipinski definition) is 4. The normalized spacial score (nSPS) is 15.3. The average molecular weight is 461 g/mol. The van der Waals surface area contributed by atoms with Gasteiger partial charge in [-0.2, -0.15) is 0 Å². The fourth-order valence-electron chi connectivity index (χ4n) is 2.50. The molecule has 1 saturated heterocycles. The molecule has 11 heteroatoms. The number of para-hydroxylation sites is 1. The first-order valence-electron chi connectivity index (χ1n) is 8.68. The summed E-state index contributed by atoms with van der Waals surface area (Å²) < 4.78 is 33.4. The van der Waals surface area contributed by atoms with Crippen molar-refractivity contribution in [2.45, 2.75) is 13.3 Å². The zero-order valence-electron chi connectivity index (χ0n) is 16.3. The number of hydrogen-bond acceptors (Lipinski definition) is 7. The molecule has 1 aliphatic heterocycles. The van der Waals surface area contributed by atoms with E-state index in [1.54, 1.807) is 0 Å². The molecule has 0 aliphatic carbocycles. The number of aromatic hydroxyl groups is 1. The van der Waals surface area contributed by atoms with Crippen LogP contribution in [-0.2, 0) is 18.1 Å². The second-order valence-corrected chi connectivity index (χ2v) is 9.66. The van der Waals surface area contributed by atoms with Gasteiger partial charge in [0.1, 0.15) is 0 Å². The van der Waals surface area contributed by atoms with Crippen molar-refractivity contribution >= 4 is 36.1 Å². The predicted octanol–water partition coefficient (Wildman–Crippen LogP) is -1.29. The van der Waals surface area contributed by atoms with Gasteiger partial charge in [0.15, 0.2) is 0 Å². The molecule has 1 aromatic rings. The maximum atomic E-state index is 11.1. The van der Waals surface area contributed by atoms with Crippen molar-refractivity contribution in [3.05, 3.63) is 18.2 Å². The van der Waals surface area contributed by atoms with Crippen LogP contribution in [0.25, 0.3) is 0 Å². The van der Waals surface area contributed by atoms with Gasteiger partial charge < -0.3 is 14.5 Å². The minimum Gasteiger partial charge on any atom is -0.469 e. The largest absolute Gasteiger partial charge is 0.469 e. The third kappa shape index (κ3) is 8.45. The van der Waals surface area contributed by atoms with Gasteiger partial charge in [0.05, 0.1) is 13.5 Å². The number of likely N-dealkylation sites (N-methyl/N-ethyl adjacent to an activating group) is 1. The summed E-state index contributed by atoms with van der Waals surface area (Å²) in [4.78, 5) is 26.2. The van der Waals surface area contributed by atoms with E-state index in [2.05, 4.69) is 26.9 Å². The van der Waals surface area contributed by atoms with Crippen LogP contribution in [0.4, 0.5) is 5.69 Å². The molecule has 0 saturated carbocycles. The van der Waals surface area contributed by atoms with Crippen LogP contribution in [0.15, 0.2) is 18.2 Å². The molecule has 0 bridgehead atoms. The Labute approximate surface area is 167 Å². The number of anilines is 1. The molecule has 0 radical (unpaired) electrons. The van der Waals surface area contributed by atoms with Gasteiger partial charge in [-0.05, 0) is 7.05 Å². The number of esters is 1.